The molecule has 5 heteroatoms. The van der Waals surface area contributed by atoms with Crippen LogP contribution in [0.25, 0.3) is 11.1 Å². The number of aromatic nitrogens is 2. The maximum Gasteiger partial charge on any atom is 0.141 e. The molecule has 0 bridgehead atoms. The van der Waals surface area contributed by atoms with Crippen molar-refractivity contribution >= 4 is 34.5 Å². The summed E-state index contributed by atoms with van der Waals surface area (Å²) in [5.41, 5.74) is 1.66. The van der Waals surface area contributed by atoms with Gasteiger partial charge in [0.15, 0.2) is 0 Å². The topological polar surface area (TPSA) is 25.8 Å². The van der Waals surface area contributed by atoms with E-state index in [-0.39, 0.29) is 0 Å². The molecule has 0 aliphatic carbocycles. The Morgan fingerprint density at radius 2 is 1.85 bits per heavy atom. The van der Waals surface area contributed by atoms with E-state index < -0.39 is 0 Å². The molecule has 0 radical (unpaired) electrons. The molecule has 2 nitrogen and oxygen atoms in total. The second-order valence-electron chi connectivity index (χ2n) is 2.34. The molecule has 0 atom stereocenters. The van der Waals surface area contributed by atoms with E-state index in [0.717, 1.165) is 5.56 Å². The number of halogens is 2. The summed E-state index contributed by atoms with van der Waals surface area (Å²) in [5, 5.41) is 4.68. The van der Waals surface area contributed by atoms with Gasteiger partial charge in [-0.05, 0) is 22.4 Å². The van der Waals surface area contributed by atoms with Crippen LogP contribution in [0, 0.1) is 0 Å². The third-order valence-corrected chi connectivity index (χ3v) is 2.82. The minimum absolute atomic E-state index is 0.387. The number of thiophene rings is 1. The van der Waals surface area contributed by atoms with E-state index in [1.165, 1.54) is 6.33 Å². The molecule has 0 fully saturated rings. The normalized spacial score (nSPS) is 10.3. The van der Waals surface area contributed by atoms with Gasteiger partial charge in [-0.15, -0.1) is 0 Å². The van der Waals surface area contributed by atoms with Crippen LogP contribution in [-0.4, -0.2) is 9.97 Å². The molecular formula is C8H4Cl2N2S. The van der Waals surface area contributed by atoms with Crippen molar-refractivity contribution in [3.8, 4) is 11.1 Å². The van der Waals surface area contributed by atoms with Gasteiger partial charge < -0.3 is 0 Å². The minimum atomic E-state index is 0.387. The molecule has 0 amide bonds. The van der Waals surface area contributed by atoms with E-state index in [4.69, 9.17) is 23.2 Å². The van der Waals surface area contributed by atoms with Crippen molar-refractivity contribution in [3.05, 3.63) is 33.5 Å². The molecule has 2 aromatic heterocycles. The molecule has 0 N–H and O–H groups in total. The van der Waals surface area contributed by atoms with E-state index >= 15 is 0 Å². The van der Waals surface area contributed by atoms with Crippen LogP contribution in [0.2, 0.25) is 10.3 Å². The summed E-state index contributed by atoms with van der Waals surface area (Å²) in [6.07, 6.45) is 1.35. The lowest BCUT2D eigenvalue weighted by Gasteiger charge is -2.01. The van der Waals surface area contributed by atoms with Crippen molar-refractivity contribution in [2.24, 2.45) is 0 Å². The van der Waals surface area contributed by atoms with Crippen molar-refractivity contribution in [2.45, 2.75) is 0 Å². The molecule has 0 aliphatic rings. The highest BCUT2D eigenvalue weighted by molar-refractivity contribution is 7.08. The first-order valence-electron chi connectivity index (χ1n) is 3.47. The highest BCUT2D eigenvalue weighted by atomic mass is 35.5. The maximum absolute atomic E-state index is 5.89. The van der Waals surface area contributed by atoms with Crippen LogP contribution in [0.1, 0.15) is 0 Å². The Hall–Kier alpha value is -0.640. The first-order valence-corrected chi connectivity index (χ1v) is 5.17. The van der Waals surface area contributed by atoms with Gasteiger partial charge in [-0.3, -0.25) is 0 Å². The lowest BCUT2D eigenvalue weighted by molar-refractivity contribution is 1.17. The molecule has 0 spiro atoms. The molecule has 0 unspecified atom stereocenters. The van der Waals surface area contributed by atoms with E-state index in [2.05, 4.69) is 9.97 Å². The van der Waals surface area contributed by atoms with Crippen LogP contribution in [0.5, 0.6) is 0 Å². The van der Waals surface area contributed by atoms with Crippen molar-refractivity contribution < 1.29 is 0 Å². The van der Waals surface area contributed by atoms with Gasteiger partial charge in [0.05, 0.1) is 5.56 Å². The Kier molecular flexibility index (Phi) is 2.49. The summed E-state index contributed by atoms with van der Waals surface area (Å²) in [4.78, 5) is 7.74. The molecule has 2 heterocycles. The molecule has 0 saturated heterocycles. The van der Waals surface area contributed by atoms with Crippen molar-refractivity contribution in [2.75, 3.05) is 0 Å². The third kappa shape index (κ3) is 1.68. The fourth-order valence-electron chi connectivity index (χ4n) is 0.989. The van der Waals surface area contributed by atoms with Crippen molar-refractivity contribution in [3.63, 3.8) is 0 Å². The zero-order chi connectivity index (χ0) is 9.26. The third-order valence-electron chi connectivity index (χ3n) is 1.56. The monoisotopic (exact) mass is 230 g/mol. The van der Waals surface area contributed by atoms with E-state index in [9.17, 15) is 0 Å². The van der Waals surface area contributed by atoms with Gasteiger partial charge in [0, 0.05) is 0 Å². The first kappa shape index (κ1) is 8.94. The molecule has 13 heavy (non-hydrogen) atoms. The average Bonchev–Trinajstić information content (AvgIpc) is 2.57. The quantitative estimate of drug-likeness (QED) is 0.702. The largest absolute Gasteiger partial charge is 0.224 e. The van der Waals surface area contributed by atoms with Gasteiger partial charge in [0.1, 0.15) is 16.6 Å². The van der Waals surface area contributed by atoms with Gasteiger partial charge >= 0.3 is 0 Å². The summed E-state index contributed by atoms with van der Waals surface area (Å²) in [7, 11) is 0. The Labute approximate surface area is 89.2 Å². The fraction of sp³-hybridized carbons (Fsp3) is 0. The van der Waals surface area contributed by atoms with Gasteiger partial charge in [0.25, 0.3) is 0 Å². The van der Waals surface area contributed by atoms with Gasteiger partial charge in [0.2, 0.25) is 0 Å². The van der Waals surface area contributed by atoms with Gasteiger partial charge in [-0.25, -0.2) is 9.97 Å². The van der Waals surface area contributed by atoms with Crippen molar-refractivity contribution in [1.29, 1.82) is 0 Å². The molecule has 66 valence electrons. The van der Waals surface area contributed by atoms with Gasteiger partial charge in [-0.2, -0.15) is 11.3 Å². The second-order valence-corrected chi connectivity index (χ2v) is 3.84. The van der Waals surface area contributed by atoms with Crippen molar-refractivity contribution in [1.82, 2.24) is 9.97 Å². The smallest absolute Gasteiger partial charge is 0.141 e. The fourth-order valence-corrected chi connectivity index (χ4v) is 2.17. The van der Waals surface area contributed by atoms with Crippen LogP contribution < -0.4 is 0 Å². The molecule has 0 saturated carbocycles. The summed E-state index contributed by atoms with van der Waals surface area (Å²) >= 11 is 13.4. The molecular weight excluding hydrogens is 227 g/mol. The van der Waals surface area contributed by atoms with E-state index in [1.54, 1.807) is 11.3 Å². The predicted octanol–water partition coefficient (Wildman–Crippen LogP) is 3.51. The summed E-state index contributed by atoms with van der Waals surface area (Å²) in [6.45, 7) is 0. The van der Waals surface area contributed by atoms with Gasteiger partial charge in [-0.1, -0.05) is 23.2 Å². The minimum Gasteiger partial charge on any atom is -0.224 e. The molecule has 2 aromatic rings. The van der Waals surface area contributed by atoms with Crippen LogP contribution in [0.15, 0.2) is 23.2 Å². The zero-order valence-electron chi connectivity index (χ0n) is 6.37. The lowest BCUT2D eigenvalue weighted by atomic mass is 10.2. The lowest BCUT2D eigenvalue weighted by Crippen LogP contribution is -1.86. The number of nitrogens with zero attached hydrogens (tertiary/aromatic N) is 2. The predicted molar refractivity (Wildman–Crippen MR) is 55.4 cm³/mol. The summed E-state index contributed by atoms with van der Waals surface area (Å²) in [6, 6.07) is 1.93. The standard InChI is InChI=1S/C8H4Cl2N2S/c9-7-6(5-1-2-13-3-5)8(10)12-4-11-7/h1-4H. The number of hydrogen-bond acceptors (Lipinski definition) is 3. The molecule has 0 aromatic carbocycles. The SMILES string of the molecule is Clc1ncnc(Cl)c1-c1ccsc1. The van der Waals surface area contributed by atoms with Crippen LogP contribution in [0.4, 0.5) is 0 Å². The Balaban J connectivity index is 2.64. The first-order chi connectivity index (χ1) is 6.29. The van der Waals surface area contributed by atoms with Crippen LogP contribution >= 0.6 is 34.5 Å². The van der Waals surface area contributed by atoms with E-state index in [1.807, 2.05) is 16.8 Å². The Morgan fingerprint density at radius 3 is 2.38 bits per heavy atom. The number of rotatable bonds is 1. The maximum atomic E-state index is 5.89. The highest BCUT2D eigenvalue weighted by Crippen LogP contribution is 2.32. The Morgan fingerprint density at radius 1 is 1.15 bits per heavy atom. The summed E-state index contributed by atoms with van der Waals surface area (Å²) in [5.74, 6) is 0. The Bertz CT molecular complexity index is 394. The molecule has 2 rings (SSSR count). The van der Waals surface area contributed by atoms with E-state index in [0.29, 0.717) is 15.9 Å². The second kappa shape index (κ2) is 3.62. The zero-order valence-corrected chi connectivity index (χ0v) is 8.70. The van der Waals surface area contributed by atoms with Crippen LogP contribution in [-0.2, 0) is 0 Å². The highest BCUT2D eigenvalue weighted by Gasteiger charge is 2.10. The summed E-state index contributed by atoms with van der Waals surface area (Å²) < 4.78 is 0. The average molecular weight is 231 g/mol. The molecule has 0 aliphatic heterocycles. The number of hydrogen-bond donors (Lipinski definition) is 0. The van der Waals surface area contributed by atoms with Crippen LogP contribution in [0.3, 0.4) is 0 Å².